The first-order chi connectivity index (χ1) is 4.36. The molecule has 60 valence electrons. The van der Waals surface area contributed by atoms with Gasteiger partial charge in [0, 0.05) is 4.75 Å². The van der Waals surface area contributed by atoms with Crippen molar-refractivity contribution in [3.05, 3.63) is 0 Å². The molecule has 0 nitrogen and oxygen atoms in total. The van der Waals surface area contributed by atoms with Gasteiger partial charge >= 0.3 is 0 Å². The first-order valence-corrected chi connectivity index (χ1v) is 4.53. The Morgan fingerprint density at radius 1 is 1.10 bits per heavy atom. The van der Waals surface area contributed by atoms with Crippen molar-refractivity contribution in [2.75, 3.05) is 0 Å². The zero-order valence-corrected chi connectivity index (χ0v) is 8.33. The fourth-order valence-electron chi connectivity index (χ4n) is 1.26. The van der Waals surface area contributed by atoms with E-state index in [1.54, 1.807) is 0 Å². The van der Waals surface area contributed by atoms with Crippen molar-refractivity contribution >= 4 is 12.6 Å². The number of hydrogen-bond donors (Lipinski definition) is 1. The van der Waals surface area contributed by atoms with E-state index in [1.807, 2.05) is 0 Å². The van der Waals surface area contributed by atoms with Crippen LogP contribution in [0.5, 0.6) is 0 Å². The summed E-state index contributed by atoms with van der Waals surface area (Å²) in [5.41, 5.74) is 0.345. The van der Waals surface area contributed by atoms with Crippen molar-refractivity contribution in [2.45, 2.75) is 45.3 Å². The van der Waals surface area contributed by atoms with Gasteiger partial charge in [-0.15, -0.1) is 0 Å². The predicted octanol–water partition coefficient (Wildman–Crippen LogP) is 3.13. The fraction of sp³-hybridized carbons (Fsp3) is 1.00. The molecule has 0 aromatic heterocycles. The van der Waals surface area contributed by atoms with Gasteiger partial charge in [-0.3, -0.25) is 0 Å². The van der Waals surface area contributed by atoms with E-state index in [2.05, 4.69) is 27.7 Å². The third-order valence-electron chi connectivity index (χ3n) is 2.89. The summed E-state index contributed by atoms with van der Waals surface area (Å²) in [6, 6.07) is 0. The minimum Gasteiger partial charge on any atom is -0.172 e. The predicted molar refractivity (Wildman–Crippen MR) is 49.6 cm³/mol. The molecule has 1 fully saturated rings. The minimum atomic E-state index is 0.243. The molecule has 0 aromatic rings. The summed E-state index contributed by atoms with van der Waals surface area (Å²) in [6.45, 7) is 9.10. The molecule has 0 N–H and O–H groups in total. The Kier molecular flexibility index (Phi) is 1.83. The second kappa shape index (κ2) is 2.17. The van der Waals surface area contributed by atoms with Crippen LogP contribution in [0, 0.1) is 11.3 Å². The zero-order chi connectivity index (χ0) is 7.99. The molecule has 1 heteroatoms. The quantitative estimate of drug-likeness (QED) is 0.557. The van der Waals surface area contributed by atoms with Gasteiger partial charge in [0.1, 0.15) is 0 Å². The van der Waals surface area contributed by atoms with Crippen LogP contribution in [0.25, 0.3) is 0 Å². The Bertz CT molecular complexity index is 126. The van der Waals surface area contributed by atoms with Crippen LogP contribution in [0.1, 0.15) is 40.5 Å². The Hall–Kier alpha value is 0.350. The molecule has 1 rings (SSSR count). The van der Waals surface area contributed by atoms with E-state index < -0.39 is 0 Å². The molecule has 0 heterocycles. The highest BCUT2D eigenvalue weighted by atomic mass is 32.1. The molecule has 10 heavy (non-hydrogen) atoms. The third kappa shape index (κ3) is 1.34. The van der Waals surface area contributed by atoms with Gasteiger partial charge in [-0.05, 0) is 31.1 Å². The summed E-state index contributed by atoms with van der Waals surface area (Å²) in [5.74, 6) is 0.871. The molecular weight excluding hydrogens is 140 g/mol. The first kappa shape index (κ1) is 8.45. The fourth-order valence-corrected chi connectivity index (χ4v) is 1.52. The molecule has 0 bridgehead atoms. The van der Waals surface area contributed by atoms with E-state index in [-0.39, 0.29) is 4.75 Å². The molecule has 0 saturated heterocycles. The highest BCUT2D eigenvalue weighted by Gasteiger charge is 2.46. The van der Waals surface area contributed by atoms with Crippen molar-refractivity contribution in [1.29, 1.82) is 0 Å². The summed E-state index contributed by atoms with van der Waals surface area (Å²) in [4.78, 5) is 0. The van der Waals surface area contributed by atoms with Gasteiger partial charge in [0.2, 0.25) is 0 Å². The van der Waals surface area contributed by atoms with Crippen molar-refractivity contribution in [3.63, 3.8) is 0 Å². The lowest BCUT2D eigenvalue weighted by Crippen LogP contribution is -2.36. The molecule has 0 amide bonds. The van der Waals surface area contributed by atoms with E-state index in [4.69, 9.17) is 12.6 Å². The van der Waals surface area contributed by atoms with Crippen LogP contribution in [-0.2, 0) is 0 Å². The Labute approximate surface area is 69.8 Å². The standard InChI is InChI=1S/C9H18S/c1-8(2,3)9(4,10)7-5-6-7/h7,10H,5-6H2,1-4H3. The van der Waals surface area contributed by atoms with Crippen molar-refractivity contribution < 1.29 is 0 Å². The van der Waals surface area contributed by atoms with Gasteiger partial charge in [0.05, 0.1) is 0 Å². The van der Waals surface area contributed by atoms with Crippen LogP contribution in [-0.4, -0.2) is 4.75 Å². The zero-order valence-electron chi connectivity index (χ0n) is 7.44. The van der Waals surface area contributed by atoms with Crippen molar-refractivity contribution in [3.8, 4) is 0 Å². The Morgan fingerprint density at radius 3 is 1.60 bits per heavy atom. The SMILES string of the molecule is CC(C)(C)C(C)(S)C1CC1. The minimum absolute atomic E-state index is 0.243. The van der Waals surface area contributed by atoms with Gasteiger partial charge in [0.15, 0.2) is 0 Å². The maximum Gasteiger partial charge on any atom is 0.0178 e. The lowest BCUT2D eigenvalue weighted by molar-refractivity contribution is 0.274. The highest BCUT2D eigenvalue weighted by molar-refractivity contribution is 7.81. The van der Waals surface area contributed by atoms with Crippen LogP contribution in [0.15, 0.2) is 0 Å². The average molecular weight is 158 g/mol. The van der Waals surface area contributed by atoms with E-state index >= 15 is 0 Å². The number of thiol groups is 1. The molecular formula is C9H18S. The Balaban J connectivity index is 2.66. The normalized spacial score (nSPS) is 26.1. The van der Waals surface area contributed by atoms with Crippen LogP contribution in [0.3, 0.4) is 0 Å². The van der Waals surface area contributed by atoms with E-state index in [1.165, 1.54) is 12.8 Å². The maximum absolute atomic E-state index is 4.72. The molecule has 0 spiro atoms. The first-order valence-electron chi connectivity index (χ1n) is 4.08. The van der Waals surface area contributed by atoms with Gasteiger partial charge < -0.3 is 0 Å². The summed E-state index contributed by atoms with van der Waals surface area (Å²) in [6.07, 6.45) is 2.77. The van der Waals surface area contributed by atoms with E-state index in [9.17, 15) is 0 Å². The third-order valence-corrected chi connectivity index (χ3v) is 3.93. The van der Waals surface area contributed by atoms with Gasteiger partial charge in [-0.1, -0.05) is 20.8 Å². The van der Waals surface area contributed by atoms with Crippen LogP contribution >= 0.6 is 12.6 Å². The van der Waals surface area contributed by atoms with Gasteiger partial charge in [-0.25, -0.2) is 0 Å². The van der Waals surface area contributed by atoms with E-state index in [0.29, 0.717) is 5.41 Å². The largest absolute Gasteiger partial charge is 0.172 e. The average Bonchev–Trinajstić information content (AvgIpc) is 2.38. The van der Waals surface area contributed by atoms with Crippen molar-refractivity contribution in [2.24, 2.45) is 11.3 Å². The van der Waals surface area contributed by atoms with Gasteiger partial charge in [0.25, 0.3) is 0 Å². The summed E-state index contributed by atoms with van der Waals surface area (Å²) < 4.78 is 0.243. The number of hydrogen-bond acceptors (Lipinski definition) is 1. The smallest absolute Gasteiger partial charge is 0.0178 e. The second-order valence-corrected chi connectivity index (χ2v) is 5.60. The molecule has 0 radical (unpaired) electrons. The molecule has 0 aliphatic heterocycles. The number of rotatable bonds is 1. The molecule has 1 atom stereocenters. The summed E-state index contributed by atoms with van der Waals surface area (Å²) in [7, 11) is 0. The summed E-state index contributed by atoms with van der Waals surface area (Å²) >= 11 is 4.72. The van der Waals surface area contributed by atoms with Gasteiger partial charge in [-0.2, -0.15) is 12.6 Å². The lowest BCUT2D eigenvalue weighted by Gasteiger charge is -2.38. The maximum atomic E-state index is 4.72. The molecule has 1 unspecified atom stereocenters. The van der Waals surface area contributed by atoms with Crippen LogP contribution in [0.2, 0.25) is 0 Å². The molecule has 1 aliphatic carbocycles. The van der Waals surface area contributed by atoms with Crippen LogP contribution < -0.4 is 0 Å². The molecule has 1 aliphatic rings. The molecule has 0 aromatic carbocycles. The van der Waals surface area contributed by atoms with Crippen LogP contribution in [0.4, 0.5) is 0 Å². The Morgan fingerprint density at radius 2 is 1.50 bits per heavy atom. The highest BCUT2D eigenvalue weighted by Crippen LogP contribution is 2.52. The lowest BCUT2D eigenvalue weighted by atomic mass is 9.78. The monoisotopic (exact) mass is 158 g/mol. The topological polar surface area (TPSA) is 0 Å². The molecule has 1 saturated carbocycles. The second-order valence-electron chi connectivity index (χ2n) is 4.67. The van der Waals surface area contributed by atoms with E-state index in [0.717, 1.165) is 5.92 Å². The summed E-state index contributed by atoms with van der Waals surface area (Å²) in [5, 5.41) is 0. The van der Waals surface area contributed by atoms with Crippen molar-refractivity contribution in [1.82, 2.24) is 0 Å².